The minimum atomic E-state index is -5.00. The second kappa shape index (κ2) is 9.32. The molecule has 1 amide bonds. The van der Waals surface area contributed by atoms with E-state index in [9.17, 15) is 18.0 Å². The highest BCUT2D eigenvalue weighted by Crippen LogP contribution is 2.41. The predicted molar refractivity (Wildman–Crippen MR) is 117 cm³/mol. The minimum Gasteiger partial charge on any atom is -0.453 e. The SMILES string of the molecule is COC(=O)Nc1ccc2c(-c3nc(N[C@H]4CCCNC4)ncc3Cl)c[nH]c2c1OC(F)(F)F. The van der Waals surface area contributed by atoms with Crippen LogP contribution in [0.3, 0.4) is 0 Å². The molecule has 0 radical (unpaired) electrons. The monoisotopic (exact) mass is 484 g/mol. The number of carbonyl (C=O) groups is 1. The van der Waals surface area contributed by atoms with Crippen molar-refractivity contribution in [2.45, 2.75) is 25.2 Å². The van der Waals surface area contributed by atoms with E-state index >= 15 is 0 Å². The van der Waals surface area contributed by atoms with E-state index in [1.165, 1.54) is 24.5 Å². The third-order valence-electron chi connectivity index (χ3n) is 5.08. The Kier molecular flexibility index (Phi) is 6.47. The third kappa shape index (κ3) is 5.22. The lowest BCUT2D eigenvalue weighted by Crippen LogP contribution is -2.38. The van der Waals surface area contributed by atoms with Crippen molar-refractivity contribution in [3.8, 4) is 17.0 Å². The number of hydrogen-bond donors (Lipinski definition) is 4. The number of anilines is 2. The molecule has 4 N–H and O–H groups in total. The van der Waals surface area contributed by atoms with Crippen LogP contribution in [0.4, 0.5) is 29.6 Å². The highest BCUT2D eigenvalue weighted by atomic mass is 35.5. The Morgan fingerprint density at radius 1 is 1.33 bits per heavy atom. The van der Waals surface area contributed by atoms with Gasteiger partial charge in [0.25, 0.3) is 0 Å². The molecule has 1 aromatic carbocycles. The summed E-state index contributed by atoms with van der Waals surface area (Å²) in [5.41, 5.74) is 0.549. The number of nitrogens with one attached hydrogen (secondary N) is 4. The van der Waals surface area contributed by atoms with E-state index < -0.39 is 18.2 Å². The second-order valence-electron chi connectivity index (χ2n) is 7.31. The molecule has 0 spiro atoms. The van der Waals surface area contributed by atoms with Crippen LogP contribution in [0, 0.1) is 0 Å². The van der Waals surface area contributed by atoms with Crippen LogP contribution in [0.2, 0.25) is 5.02 Å². The van der Waals surface area contributed by atoms with Gasteiger partial charge in [-0.2, -0.15) is 0 Å². The van der Waals surface area contributed by atoms with Crippen molar-refractivity contribution < 1.29 is 27.4 Å². The van der Waals surface area contributed by atoms with E-state index in [2.05, 4.69) is 40.4 Å². The van der Waals surface area contributed by atoms with Crippen molar-refractivity contribution in [1.82, 2.24) is 20.3 Å². The molecule has 1 aliphatic heterocycles. The average Bonchev–Trinajstić information content (AvgIpc) is 3.20. The van der Waals surface area contributed by atoms with Gasteiger partial charge in [0.05, 0.1) is 35.2 Å². The first-order valence-corrected chi connectivity index (χ1v) is 10.4. The zero-order valence-electron chi connectivity index (χ0n) is 17.3. The van der Waals surface area contributed by atoms with Crippen molar-refractivity contribution in [3.63, 3.8) is 0 Å². The number of rotatable bonds is 5. The highest BCUT2D eigenvalue weighted by molar-refractivity contribution is 6.33. The maximum Gasteiger partial charge on any atom is 0.573 e. The first-order chi connectivity index (χ1) is 15.7. The van der Waals surface area contributed by atoms with Crippen LogP contribution in [0.25, 0.3) is 22.2 Å². The topological polar surface area (TPSA) is 113 Å². The number of methoxy groups -OCH3 is 1. The first-order valence-electron chi connectivity index (χ1n) is 10.00. The van der Waals surface area contributed by atoms with E-state index in [1.54, 1.807) is 0 Å². The molecule has 1 fully saturated rings. The van der Waals surface area contributed by atoms with Gasteiger partial charge < -0.3 is 25.1 Å². The predicted octanol–water partition coefficient (Wildman–Crippen LogP) is 4.52. The lowest BCUT2D eigenvalue weighted by Gasteiger charge is -2.23. The summed E-state index contributed by atoms with van der Waals surface area (Å²) in [6, 6.07) is 2.95. The molecule has 9 nitrogen and oxygen atoms in total. The maximum absolute atomic E-state index is 13.1. The van der Waals surface area contributed by atoms with Gasteiger partial charge in [0, 0.05) is 29.7 Å². The van der Waals surface area contributed by atoms with Gasteiger partial charge in [-0.3, -0.25) is 5.32 Å². The van der Waals surface area contributed by atoms with E-state index in [0.717, 1.165) is 33.0 Å². The van der Waals surface area contributed by atoms with Crippen molar-refractivity contribution in [1.29, 1.82) is 0 Å². The van der Waals surface area contributed by atoms with Crippen molar-refractivity contribution in [2.24, 2.45) is 0 Å². The summed E-state index contributed by atoms with van der Waals surface area (Å²) in [5.74, 6) is -0.262. The zero-order valence-corrected chi connectivity index (χ0v) is 18.1. The molecule has 1 saturated heterocycles. The first kappa shape index (κ1) is 22.9. The molecule has 0 aliphatic carbocycles. The quantitative estimate of drug-likeness (QED) is 0.421. The normalized spacial score (nSPS) is 16.5. The molecule has 4 rings (SSSR count). The number of aromatic amines is 1. The number of nitrogens with zero attached hydrogens (tertiary/aromatic N) is 2. The molecule has 3 heterocycles. The summed E-state index contributed by atoms with van der Waals surface area (Å²) < 4.78 is 48.0. The Balaban J connectivity index is 1.75. The molecular weight excluding hydrogens is 465 g/mol. The summed E-state index contributed by atoms with van der Waals surface area (Å²) in [6.45, 7) is 1.72. The number of carbonyl (C=O) groups excluding carboxylic acids is 1. The van der Waals surface area contributed by atoms with Crippen LogP contribution >= 0.6 is 11.6 Å². The van der Waals surface area contributed by atoms with Crippen LogP contribution in [0.5, 0.6) is 5.75 Å². The number of hydrogen-bond acceptors (Lipinski definition) is 7. The van der Waals surface area contributed by atoms with Crippen molar-refractivity contribution >= 4 is 40.2 Å². The minimum absolute atomic E-state index is 0.00287. The van der Waals surface area contributed by atoms with Crippen LogP contribution in [-0.4, -0.2) is 53.6 Å². The van der Waals surface area contributed by atoms with Crippen LogP contribution in [0.1, 0.15) is 12.8 Å². The van der Waals surface area contributed by atoms with E-state index in [1.807, 2.05) is 0 Å². The fourth-order valence-corrected chi connectivity index (χ4v) is 3.83. The summed E-state index contributed by atoms with van der Waals surface area (Å²) in [4.78, 5) is 23.1. The second-order valence-corrected chi connectivity index (χ2v) is 7.72. The molecule has 0 unspecified atom stereocenters. The molecule has 33 heavy (non-hydrogen) atoms. The maximum atomic E-state index is 13.1. The molecular formula is C20H20ClF3N6O3. The molecule has 3 aromatic rings. The molecule has 0 bridgehead atoms. The molecule has 2 aromatic heterocycles. The molecule has 1 aliphatic rings. The van der Waals surface area contributed by atoms with Crippen LogP contribution in [-0.2, 0) is 4.74 Å². The van der Waals surface area contributed by atoms with Gasteiger partial charge in [-0.05, 0) is 31.5 Å². The lowest BCUT2D eigenvalue weighted by molar-refractivity contribution is -0.273. The van der Waals surface area contributed by atoms with Gasteiger partial charge in [0.2, 0.25) is 5.95 Å². The number of amides is 1. The van der Waals surface area contributed by atoms with Crippen molar-refractivity contribution in [3.05, 3.63) is 29.5 Å². The number of piperidine rings is 1. The summed E-state index contributed by atoms with van der Waals surface area (Å²) >= 11 is 6.33. The zero-order chi connectivity index (χ0) is 23.6. The Bertz CT molecular complexity index is 1160. The largest absolute Gasteiger partial charge is 0.573 e. The molecule has 13 heteroatoms. The Hall–Kier alpha value is -3.25. The van der Waals surface area contributed by atoms with E-state index in [4.69, 9.17) is 11.6 Å². The molecule has 176 valence electrons. The van der Waals surface area contributed by atoms with E-state index in [-0.39, 0.29) is 22.3 Å². The van der Waals surface area contributed by atoms with Crippen molar-refractivity contribution in [2.75, 3.05) is 30.8 Å². The van der Waals surface area contributed by atoms with Crippen LogP contribution < -0.4 is 20.7 Å². The van der Waals surface area contributed by atoms with Gasteiger partial charge in [-0.15, -0.1) is 13.2 Å². The number of halogens is 4. The molecule has 0 saturated carbocycles. The Labute approximate surface area is 191 Å². The fourth-order valence-electron chi connectivity index (χ4n) is 3.63. The van der Waals surface area contributed by atoms with Gasteiger partial charge >= 0.3 is 12.5 Å². The van der Waals surface area contributed by atoms with Crippen LogP contribution in [0.15, 0.2) is 24.5 Å². The number of alkyl halides is 3. The number of aromatic nitrogens is 3. The summed E-state index contributed by atoms with van der Waals surface area (Å²) in [5, 5.41) is 9.33. The fraction of sp³-hybridized carbons (Fsp3) is 0.350. The number of benzene rings is 1. The van der Waals surface area contributed by atoms with E-state index in [0.29, 0.717) is 22.6 Å². The average molecular weight is 485 g/mol. The third-order valence-corrected chi connectivity index (χ3v) is 5.35. The molecule has 1 atom stereocenters. The van der Waals surface area contributed by atoms with Gasteiger partial charge in [0.1, 0.15) is 0 Å². The Morgan fingerprint density at radius 2 is 2.15 bits per heavy atom. The van der Waals surface area contributed by atoms with Gasteiger partial charge in [-0.1, -0.05) is 11.6 Å². The summed E-state index contributed by atoms with van der Waals surface area (Å²) in [6.07, 6.45) is -1.07. The Morgan fingerprint density at radius 3 is 2.85 bits per heavy atom. The highest BCUT2D eigenvalue weighted by Gasteiger charge is 2.34. The number of H-pyrrole nitrogens is 1. The number of ether oxygens (including phenoxy) is 2. The standard InChI is InChI=1S/C20H20ClF3N6O3/c1-32-19(31)29-14-5-4-11-12(8-26-16(11)17(14)33-20(22,23)24)15-13(21)9-27-18(30-15)28-10-3-2-6-25-7-10/h4-5,8-10,25-26H,2-3,6-7H2,1H3,(H,29,31)(H,27,28,30)/t10-/m0/s1. The summed E-state index contributed by atoms with van der Waals surface area (Å²) in [7, 11) is 1.09. The van der Waals surface area contributed by atoms with Gasteiger partial charge in [0.15, 0.2) is 5.75 Å². The number of fused-ring (bicyclic) bond motifs is 1. The lowest BCUT2D eigenvalue weighted by atomic mass is 10.1. The smallest absolute Gasteiger partial charge is 0.453 e. The van der Waals surface area contributed by atoms with Gasteiger partial charge in [-0.25, -0.2) is 14.8 Å².